The van der Waals surface area contributed by atoms with E-state index in [0.717, 1.165) is 0 Å². The van der Waals surface area contributed by atoms with Crippen molar-refractivity contribution in [2.75, 3.05) is 18.9 Å². The van der Waals surface area contributed by atoms with Crippen LogP contribution in [-0.4, -0.2) is 25.4 Å². The number of benzene rings is 1. The van der Waals surface area contributed by atoms with Gasteiger partial charge in [0.05, 0.1) is 5.56 Å². The van der Waals surface area contributed by atoms with E-state index in [1.807, 2.05) is 0 Å². The normalized spacial score (nSPS) is 9.76. The number of carbonyl (C=O) groups is 2. The van der Waals surface area contributed by atoms with Crippen molar-refractivity contribution in [2.45, 2.75) is 6.42 Å². The summed E-state index contributed by atoms with van der Waals surface area (Å²) in [6, 6.07) is 4.96. The average Bonchev–Trinajstić information content (AvgIpc) is 2.28. The maximum Gasteiger partial charge on any atom is 0.253 e. The molecule has 17 heavy (non-hydrogen) atoms. The predicted molar refractivity (Wildman–Crippen MR) is 67.1 cm³/mol. The molecule has 0 aromatic heterocycles. The molecule has 0 saturated heterocycles. The first-order valence-electron chi connectivity index (χ1n) is 5.08. The predicted octanol–water partition coefficient (Wildman–Crippen LogP) is 0.987. The Balaban J connectivity index is 2.73. The van der Waals surface area contributed by atoms with Gasteiger partial charge in [-0.05, 0) is 18.2 Å². The summed E-state index contributed by atoms with van der Waals surface area (Å²) in [4.78, 5) is 22.3. The molecule has 6 heteroatoms. The highest BCUT2D eigenvalue weighted by Crippen LogP contribution is 2.20. The lowest BCUT2D eigenvalue weighted by molar-refractivity contribution is -0.117. The quantitative estimate of drug-likeness (QED) is 0.734. The minimum Gasteiger partial charge on any atom is -0.387 e. The fourth-order valence-electron chi connectivity index (χ4n) is 1.32. The van der Waals surface area contributed by atoms with E-state index in [4.69, 9.17) is 17.3 Å². The highest BCUT2D eigenvalue weighted by molar-refractivity contribution is 6.31. The summed E-state index contributed by atoms with van der Waals surface area (Å²) in [6.45, 7) is 0.212. The van der Waals surface area contributed by atoms with Gasteiger partial charge in [-0.15, -0.1) is 0 Å². The second kappa shape index (κ2) is 6.10. The number of nitrogens with two attached hydrogens (primary N) is 1. The first kappa shape index (κ1) is 13.3. The second-order valence-electron chi connectivity index (χ2n) is 3.41. The Morgan fingerprint density at radius 2 is 2.12 bits per heavy atom. The van der Waals surface area contributed by atoms with Crippen molar-refractivity contribution in [3.63, 3.8) is 0 Å². The highest BCUT2D eigenvalue weighted by Gasteiger charge is 2.11. The zero-order valence-electron chi connectivity index (χ0n) is 9.42. The van der Waals surface area contributed by atoms with Gasteiger partial charge in [0.1, 0.15) is 0 Å². The van der Waals surface area contributed by atoms with E-state index in [-0.39, 0.29) is 18.9 Å². The molecule has 0 radical (unpaired) electrons. The summed E-state index contributed by atoms with van der Waals surface area (Å²) in [5.74, 6) is -0.747. The minimum atomic E-state index is -0.453. The van der Waals surface area contributed by atoms with E-state index in [9.17, 15) is 9.59 Å². The number of rotatable bonds is 5. The smallest absolute Gasteiger partial charge is 0.253 e. The molecular weight excluding hydrogens is 242 g/mol. The van der Waals surface area contributed by atoms with Gasteiger partial charge < -0.3 is 16.4 Å². The van der Waals surface area contributed by atoms with Gasteiger partial charge in [0.15, 0.2) is 0 Å². The van der Waals surface area contributed by atoms with E-state index in [1.165, 1.54) is 0 Å². The Kier molecular flexibility index (Phi) is 4.78. The number of primary amides is 1. The zero-order chi connectivity index (χ0) is 12.8. The van der Waals surface area contributed by atoms with E-state index in [2.05, 4.69) is 10.6 Å². The van der Waals surface area contributed by atoms with Gasteiger partial charge in [-0.3, -0.25) is 9.59 Å². The molecule has 0 aliphatic heterocycles. The number of anilines is 1. The minimum absolute atomic E-state index is 0.112. The summed E-state index contributed by atoms with van der Waals surface area (Å²) >= 11 is 5.82. The summed E-state index contributed by atoms with van der Waals surface area (Å²) in [5, 5.41) is 5.96. The summed E-state index contributed by atoms with van der Waals surface area (Å²) in [5.41, 5.74) is 6.08. The molecule has 1 aromatic rings. The SMILES string of the molecule is CNc1ccc(Cl)cc1C(=O)NCCC(N)=O. The van der Waals surface area contributed by atoms with Crippen LogP contribution in [0, 0.1) is 0 Å². The van der Waals surface area contributed by atoms with Crippen molar-refractivity contribution in [2.24, 2.45) is 5.73 Å². The van der Waals surface area contributed by atoms with Crippen LogP contribution in [-0.2, 0) is 4.79 Å². The van der Waals surface area contributed by atoms with Crippen molar-refractivity contribution in [1.29, 1.82) is 0 Å². The van der Waals surface area contributed by atoms with Crippen molar-refractivity contribution in [1.82, 2.24) is 5.32 Å². The molecule has 0 aliphatic rings. The Morgan fingerprint density at radius 3 is 2.71 bits per heavy atom. The summed E-state index contributed by atoms with van der Waals surface area (Å²) in [7, 11) is 1.71. The Morgan fingerprint density at radius 1 is 1.41 bits per heavy atom. The fraction of sp³-hybridized carbons (Fsp3) is 0.273. The van der Waals surface area contributed by atoms with Crippen LogP contribution in [0.25, 0.3) is 0 Å². The molecule has 0 bridgehead atoms. The van der Waals surface area contributed by atoms with Crippen LogP contribution >= 0.6 is 11.6 Å². The molecule has 2 amide bonds. The van der Waals surface area contributed by atoms with Gasteiger partial charge in [0.25, 0.3) is 5.91 Å². The number of nitrogens with one attached hydrogen (secondary N) is 2. The molecule has 0 heterocycles. The molecule has 4 N–H and O–H groups in total. The number of halogens is 1. The molecule has 0 aliphatic carbocycles. The van der Waals surface area contributed by atoms with Crippen LogP contribution in [0.3, 0.4) is 0 Å². The first-order chi connectivity index (χ1) is 8.04. The van der Waals surface area contributed by atoms with Gasteiger partial charge in [0, 0.05) is 30.7 Å². The Labute approximate surface area is 104 Å². The first-order valence-corrected chi connectivity index (χ1v) is 5.46. The van der Waals surface area contributed by atoms with Crippen LogP contribution in [0.5, 0.6) is 0 Å². The van der Waals surface area contributed by atoms with E-state index < -0.39 is 5.91 Å². The van der Waals surface area contributed by atoms with Crippen molar-refractivity contribution in [3.05, 3.63) is 28.8 Å². The second-order valence-corrected chi connectivity index (χ2v) is 3.85. The van der Waals surface area contributed by atoms with Crippen molar-refractivity contribution < 1.29 is 9.59 Å². The van der Waals surface area contributed by atoms with Crippen LogP contribution < -0.4 is 16.4 Å². The number of hydrogen-bond donors (Lipinski definition) is 3. The third kappa shape index (κ3) is 3.96. The maximum atomic E-state index is 11.8. The number of carbonyl (C=O) groups excluding carboxylic acids is 2. The molecule has 1 rings (SSSR count). The highest BCUT2D eigenvalue weighted by atomic mass is 35.5. The zero-order valence-corrected chi connectivity index (χ0v) is 10.2. The van der Waals surface area contributed by atoms with Crippen LogP contribution in [0.2, 0.25) is 5.02 Å². The number of hydrogen-bond acceptors (Lipinski definition) is 3. The third-order valence-electron chi connectivity index (χ3n) is 2.15. The van der Waals surface area contributed by atoms with Crippen LogP contribution in [0.4, 0.5) is 5.69 Å². The van der Waals surface area contributed by atoms with Gasteiger partial charge in [0.2, 0.25) is 5.91 Å². The fourth-order valence-corrected chi connectivity index (χ4v) is 1.49. The number of amides is 2. The molecule has 0 fully saturated rings. The molecule has 0 unspecified atom stereocenters. The molecule has 0 spiro atoms. The standard InChI is InChI=1S/C11H14ClN3O2/c1-14-9-3-2-7(12)6-8(9)11(17)15-5-4-10(13)16/h2-3,6,14H,4-5H2,1H3,(H2,13,16)(H,15,17). The molecule has 0 atom stereocenters. The Hall–Kier alpha value is -1.75. The average molecular weight is 256 g/mol. The molecule has 5 nitrogen and oxygen atoms in total. The third-order valence-corrected chi connectivity index (χ3v) is 2.39. The molecule has 0 saturated carbocycles. The summed E-state index contributed by atoms with van der Waals surface area (Å²) < 4.78 is 0. The van der Waals surface area contributed by atoms with E-state index >= 15 is 0 Å². The van der Waals surface area contributed by atoms with Gasteiger partial charge in [-0.25, -0.2) is 0 Å². The lowest BCUT2D eigenvalue weighted by Crippen LogP contribution is -2.28. The largest absolute Gasteiger partial charge is 0.387 e. The molecule has 92 valence electrons. The van der Waals surface area contributed by atoms with Gasteiger partial charge in [-0.1, -0.05) is 11.6 Å². The van der Waals surface area contributed by atoms with Crippen molar-refractivity contribution >= 4 is 29.1 Å². The van der Waals surface area contributed by atoms with Crippen LogP contribution in [0.1, 0.15) is 16.8 Å². The van der Waals surface area contributed by atoms with Crippen molar-refractivity contribution in [3.8, 4) is 0 Å². The van der Waals surface area contributed by atoms with Gasteiger partial charge in [-0.2, -0.15) is 0 Å². The lowest BCUT2D eigenvalue weighted by Gasteiger charge is -2.09. The summed E-state index contributed by atoms with van der Waals surface area (Å²) in [6.07, 6.45) is 0.112. The Bertz CT molecular complexity index is 435. The van der Waals surface area contributed by atoms with E-state index in [0.29, 0.717) is 16.3 Å². The van der Waals surface area contributed by atoms with Crippen LogP contribution in [0.15, 0.2) is 18.2 Å². The van der Waals surface area contributed by atoms with E-state index in [1.54, 1.807) is 25.2 Å². The molecular formula is C11H14ClN3O2. The lowest BCUT2D eigenvalue weighted by atomic mass is 10.1. The topological polar surface area (TPSA) is 84.2 Å². The monoisotopic (exact) mass is 255 g/mol. The molecule has 1 aromatic carbocycles. The van der Waals surface area contributed by atoms with Gasteiger partial charge >= 0.3 is 0 Å². The maximum absolute atomic E-state index is 11.8.